The Kier molecular flexibility index (Phi) is 3.29. The van der Waals surface area contributed by atoms with E-state index < -0.39 is 0 Å². The third-order valence-electron chi connectivity index (χ3n) is 1.89. The Labute approximate surface area is 80.5 Å². The summed E-state index contributed by atoms with van der Waals surface area (Å²) in [5.74, 6) is 0.141. The van der Waals surface area contributed by atoms with Gasteiger partial charge in [0.1, 0.15) is 6.23 Å². The first-order valence-electron chi connectivity index (χ1n) is 3.80. The average molecular weight is 234 g/mol. The fraction of sp³-hybridized carbons (Fsp3) is 0.625. The number of carbonyl (C=O) groups excluding carboxylic acids is 1. The molecular formula is C8H12BrNO2. The molecule has 0 aromatic carbocycles. The van der Waals surface area contributed by atoms with E-state index >= 15 is 0 Å². The molecule has 0 N–H and O–H groups in total. The lowest BCUT2D eigenvalue weighted by Crippen LogP contribution is -2.34. The van der Waals surface area contributed by atoms with Crippen molar-refractivity contribution in [3.05, 3.63) is 11.1 Å². The lowest BCUT2D eigenvalue weighted by Gasteiger charge is -2.22. The first kappa shape index (κ1) is 9.74. The first-order valence-corrected chi connectivity index (χ1v) is 4.60. The van der Waals surface area contributed by atoms with Crippen LogP contribution in [0.1, 0.15) is 12.8 Å². The van der Waals surface area contributed by atoms with Crippen LogP contribution in [0, 0.1) is 0 Å². The van der Waals surface area contributed by atoms with E-state index in [1.165, 1.54) is 0 Å². The Balaban J connectivity index is 2.57. The van der Waals surface area contributed by atoms with Gasteiger partial charge < -0.3 is 9.64 Å². The molecule has 3 nitrogen and oxygen atoms in total. The van der Waals surface area contributed by atoms with Crippen LogP contribution in [0.3, 0.4) is 0 Å². The highest BCUT2D eigenvalue weighted by atomic mass is 79.9. The number of rotatable bonds is 3. The van der Waals surface area contributed by atoms with E-state index in [1.54, 1.807) is 12.0 Å². The molecule has 1 heterocycles. The Hall–Kier alpha value is -0.350. The molecule has 0 radical (unpaired) electrons. The van der Waals surface area contributed by atoms with Crippen molar-refractivity contribution in [1.29, 1.82) is 0 Å². The largest absolute Gasteiger partial charge is 0.362 e. The molecule has 0 aliphatic carbocycles. The maximum atomic E-state index is 11.3. The van der Waals surface area contributed by atoms with Crippen molar-refractivity contribution < 1.29 is 9.53 Å². The number of hydrogen-bond acceptors (Lipinski definition) is 2. The van der Waals surface area contributed by atoms with Gasteiger partial charge in [-0.15, -0.1) is 0 Å². The first-order chi connectivity index (χ1) is 5.65. The highest BCUT2D eigenvalue weighted by Crippen LogP contribution is 2.21. The zero-order chi connectivity index (χ0) is 9.14. The Morgan fingerprint density at radius 3 is 3.08 bits per heavy atom. The van der Waals surface area contributed by atoms with Gasteiger partial charge in [0, 0.05) is 24.4 Å². The molecule has 0 saturated carbocycles. The highest BCUT2D eigenvalue weighted by Gasteiger charge is 2.30. The van der Waals surface area contributed by atoms with E-state index in [0.717, 1.165) is 10.9 Å². The molecule has 1 fully saturated rings. The van der Waals surface area contributed by atoms with Crippen molar-refractivity contribution in [1.82, 2.24) is 4.90 Å². The molecule has 68 valence electrons. The lowest BCUT2D eigenvalue weighted by molar-refractivity contribution is -0.133. The minimum atomic E-state index is -0.0631. The molecule has 0 aromatic rings. The Bertz CT molecular complexity index is 205. The molecule has 1 aliphatic rings. The van der Waals surface area contributed by atoms with Gasteiger partial charge in [-0.3, -0.25) is 4.79 Å². The maximum Gasteiger partial charge on any atom is 0.225 e. The monoisotopic (exact) mass is 233 g/mol. The minimum absolute atomic E-state index is 0.0631. The van der Waals surface area contributed by atoms with Crippen molar-refractivity contribution in [2.24, 2.45) is 0 Å². The van der Waals surface area contributed by atoms with E-state index in [4.69, 9.17) is 4.74 Å². The number of halogens is 1. The molecule has 1 rings (SSSR count). The molecule has 1 aliphatic heterocycles. The van der Waals surface area contributed by atoms with Crippen LogP contribution >= 0.6 is 15.9 Å². The summed E-state index contributed by atoms with van der Waals surface area (Å²) in [7, 11) is 1.62. The smallest absolute Gasteiger partial charge is 0.225 e. The van der Waals surface area contributed by atoms with E-state index in [-0.39, 0.29) is 12.1 Å². The van der Waals surface area contributed by atoms with Gasteiger partial charge >= 0.3 is 0 Å². The number of amides is 1. The Morgan fingerprint density at radius 1 is 1.92 bits per heavy atom. The molecule has 1 unspecified atom stereocenters. The zero-order valence-corrected chi connectivity index (χ0v) is 8.63. The summed E-state index contributed by atoms with van der Waals surface area (Å²) in [5, 5.41) is 0. The van der Waals surface area contributed by atoms with E-state index in [2.05, 4.69) is 22.5 Å². The molecule has 1 saturated heterocycles. The maximum absolute atomic E-state index is 11.3. The summed E-state index contributed by atoms with van der Waals surface area (Å²) in [5.41, 5.74) is 0. The second-order valence-corrected chi connectivity index (χ2v) is 3.89. The predicted octanol–water partition coefficient (Wildman–Crippen LogP) is 1.49. The second kappa shape index (κ2) is 4.05. The van der Waals surface area contributed by atoms with Gasteiger partial charge in [0.25, 0.3) is 0 Å². The molecule has 1 amide bonds. The van der Waals surface area contributed by atoms with E-state index in [0.29, 0.717) is 13.0 Å². The quantitative estimate of drug-likeness (QED) is 0.740. The van der Waals surface area contributed by atoms with Crippen molar-refractivity contribution >= 4 is 21.8 Å². The second-order valence-electron chi connectivity index (χ2n) is 2.77. The lowest BCUT2D eigenvalue weighted by atomic mass is 10.3. The average Bonchev–Trinajstić information content (AvgIpc) is 2.32. The molecule has 1 atom stereocenters. The zero-order valence-electron chi connectivity index (χ0n) is 7.05. The van der Waals surface area contributed by atoms with Crippen LogP contribution in [0.15, 0.2) is 11.1 Å². The van der Waals surface area contributed by atoms with Gasteiger partial charge in [0.2, 0.25) is 5.91 Å². The van der Waals surface area contributed by atoms with Gasteiger partial charge in [-0.25, -0.2) is 0 Å². The van der Waals surface area contributed by atoms with Crippen LogP contribution in [-0.4, -0.2) is 30.7 Å². The number of nitrogens with zero attached hydrogens (tertiary/aromatic N) is 1. The fourth-order valence-corrected chi connectivity index (χ4v) is 1.60. The number of likely N-dealkylation sites (tertiary alicyclic amines) is 1. The molecule has 12 heavy (non-hydrogen) atoms. The summed E-state index contributed by atoms with van der Waals surface area (Å²) in [4.78, 5) is 13.0. The standard InChI is InChI=1S/C8H12BrNO2/c1-6(9)5-10-7(11)3-4-8(10)12-2/h8H,1,3-5H2,2H3. The van der Waals surface area contributed by atoms with Gasteiger partial charge in [-0.05, 0) is 0 Å². The normalized spacial score (nSPS) is 23.3. The SMILES string of the molecule is C=C(Br)CN1C(=O)CCC1OC. The molecule has 4 heteroatoms. The molecular weight excluding hydrogens is 222 g/mol. The third kappa shape index (κ3) is 2.08. The van der Waals surface area contributed by atoms with Gasteiger partial charge in [-0.1, -0.05) is 22.5 Å². The summed E-state index contributed by atoms with van der Waals surface area (Å²) in [6, 6.07) is 0. The summed E-state index contributed by atoms with van der Waals surface area (Å²) < 4.78 is 5.94. The van der Waals surface area contributed by atoms with E-state index in [1.807, 2.05) is 0 Å². The van der Waals surface area contributed by atoms with Crippen LogP contribution < -0.4 is 0 Å². The van der Waals surface area contributed by atoms with Crippen LogP contribution in [0.5, 0.6) is 0 Å². The fourth-order valence-electron chi connectivity index (χ4n) is 1.33. The number of carbonyl (C=O) groups is 1. The van der Waals surface area contributed by atoms with Crippen LogP contribution in [0.2, 0.25) is 0 Å². The summed E-state index contributed by atoms with van der Waals surface area (Å²) in [6.45, 7) is 4.23. The predicted molar refractivity (Wildman–Crippen MR) is 49.8 cm³/mol. The third-order valence-corrected chi connectivity index (χ3v) is 2.14. The van der Waals surface area contributed by atoms with E-state index in [9.17, 15) is 4.79 Å². The van der Waals surface area contributed by atoms with Crippen molar-refractivity contribution in [3.63, 3.8) is 0 Å². The van der Waals surface area contributed by atoms with Crippen molar-refractivity contribution in [2.45, 2.75) is 19.1 Å². The van der Waals surface area contributed by atoms with Crippen molar-refractivity contribution in [3.8, 4) is 0 Å². The number of ether oxygens (including phenoxy) is 1. The summed E-state index contributed by atoms with van der Waals surface area (Å²) in [6.07, 6.45) is 1.31. The van der Waals surface area contributed by atoms with Crippen LogP contribution in [0.4, 0.5) is 0 Å². The Morgan fingerprint density at radius 2 is 2.58 bits per heavy atom. The number of hydrogen-bond donors (Lipinski definition) is 0. The molecule has 0 spiro atoms. The number of methoxy groups -OCH3 is 1. The molecule has 0 aromatic heterocycles. The molecule has 0 bridgehead atoms. The van der Waals surface area contributed by atoms with Crippen molar-refractivity contribution in [2.75, 3.05) is 13.7 Å². The van der Waals surface area contributed by atoms with Gasteiger partial charge in [-0.2, -0.15) is 0 Å². The minimum Gasteiger partial charge on any atom is -0.362 e. The van der Waals surface area contributed by atoms with Gasteiger partial charge in [0.15, 0.2) is 0 Å². The highest BCUT2D eigenvalue weighted by molar-refractivity contribution is 9.11. The topological polar surface area (TPSA) is 29.5 Å². The van der Waals surface area contributed by atoms with Gasteiger partial charge in [0.05, 0.1) is 6.54 Å². The van der Waals surface area contributed by atoms with Crippen LogP contribution in [-0.2, 0) is 9.53 Å². The van der Waals surface area contributed by atoms with Crippen LogP contribution in [0.25, 0.3) is 0 Å². The summed E-state index contributed by atoms with van der Waals surface area (Å²) >= 11 is 3.22.